The van der Waals surface area contributed by atoms with Crippen LogP contribution < -0.4 is 0 Å². The van der Waals surface area contributed by atoms with Crippen LogP contribution in [0.25, 0.3) is 0 Å². The highest BCUT2D eigenvalue weighted by atomic mass is 19.1. The lowest BCUT2D eigenvalue weighted by Gasteiger charge is -2.41. The Morgan fingerprint density at radius 2 is 1.73 bits per heavy atom. The Morgan fingerprint density at radius 3 is 2.35 bits per heavy atom. The van der Waals surface area contributed by atoms with Crippen LogP contribution in [0.5, 0.6) is 0 Å². The average molecular weight is 359 g/mol. The largest absolute Gasteiger partial charge is 0.338 e. The van der Waals surface area contributed by atoms with E-state index in [0.717, 1.165) is 0 Å². The number of benzene rings is 1. The normalized spacial score (nSPS) is 19.0. The van der Waals surface area contributed by atoms with E-state index in [4.69, 9.17) is 0 Å². The number of halogens is 1. The molecule has 2 heterocycles. The summed E-state index contributed by atoms with van der Waals surface area (Å²) in [5.41, 5.74) is 0.453. The molecule has 0 saturated carbocycles. The summed E-state index contributed by atoms with van der Waals surface area (Å²) in [7, 11) is 0. The molecule has 3 rings (SSSR count). The van der Waals surface area contributed by atoms with Gasteiger partial charge in [0, 0.05) is 44.3 Å². The van der Waals surface area contributed by atoms with Crippen LogP contribution in [0.1, 0.15) is 23.2 Å². The molecule has 2 fully saturated rings. The minimum Gasteiger partial charge on any atom is -0.338 e. The molecular weight excluding hydrogens is 337 g/mol. The summed E-state index contributed by atoms with van der Waals surface area (Å²) >= 11 is 0. The molecule has 0 unspecified atom stereocenters. The van der Waals surface area contributed by atoms with E-state index in [9.17, 15) is 18.8 Å². The van der Waals surface area contributed by atoms with Crippen LogP contribution in [-0.2, 0) is 9.59 Å². The first kappa shape index (κ1) is 18.1. The summed E-state index contributed by atoms with van der Waals surface area (Å²) < 4.78 is 13.0. The Bertz CT molecular complexity index is 711. The molecule has 0 spiro atoms. The fourth-order valence-electron chi connectivity index (χ4n) is 3.52. The number of nitrogens with zero attached hydrogens (tertiary/aromatic N) is 3. The van der Waals surface area contributed by atoms with Crippen molar-refractivity contribution in [3.63, 3.8) is 0 Å². The molecule has 26 heavy (non-hydrogen) atoms. The Hall–Kier alpha value is -2.70. The SMILES string of the molecule is C=CCN1CCN(C2CCN(C(=O)c3ccc(F)cc3)CC2)C(=O)C1=O. The highest BCUT2D eigenvalue weighted by Gasteiger charge is 2.37. The molecule has 138 valence electrons. The van der Waals surface area contributed by atoms with Gasteiger partial charge in [-0.05, 0) is 37.1 Å². The minimum absolute atomic E-state index is 0.0328. The summed E-state index contributed by atoms with van der Waals surface area (Å²) in [5, 5.41) is 0. The molecule has 0 radical (unpaired) electrons. The zero-order valence-electron chi connectivity index (χ0n) is 14.6. The highest BCUT2D eigenvalue weighted by Crippen LogP contribution is 2.21. The topological polar surface area (TPSA) is 60.9 Å². The Labute approximate surface area is 151 Å². The van der Waals surface area contributed by atoms with Crippen LogP contribution in [0, 0.1) is 5.82 Å². The predicted octanol–water partition coefficient (Wildman–Crippen LogP) is 1.29. The van der Waals surface area contributed by atoms with Gasteiger partial charge in [0.25, 0.3) is 5.91 Å². The molecule has 2 aliphatic heterocycles. The summed E-state index contributed by atoms with van der Waals surface area (Å²) in [4.78, 5) is 41.8. The maximum atomic E-state index is 13.0. The summed E-state index contributed by atoms with van der Waals surface area (Å²) in [6.07, 6.45) is 2.88. The summed E-state index contributed by atoms with van der Waals surface area (Å²) in [5.74, 6) is -1.47. The van der Waals surface area contributed by atoms with E-state index in [0.29, 0.717) is 51.1 Å². The molecule has 0 N–H and O–H groups in total. The van der Waals surface area contributed by atoms with Gasteiger partial charge in [-0.15, -0.1) is 6.58 Å². The number of carbonyl (C=O) groups excluding carboxylic acids is 3. The number of piperidine rings is 1. The second-order valence-corrected chi connectivity index (χ2v) is 6.57. The number of carbonyl (C=O) groups is 3. The lowest BCUT2D eigenvalue weighted by Crippen LogP contribution is -2.59. The fraction of sp³-hybridized carbons (Fsp3) is 0.421. The van der Waals surface area contributed by atoms with E-state index in [-0.39, 0.29) is 17.8 Å². The van der Waals surface area contributed by atoms with Crippen molar-refractivity contribution < 1.29 is 18.8 Å². The van der Waals surface area contributed by atoms with Gasteiger partial charge in [-0.25, -0.2) is 4.39 Å². The van der Waals surface area contributed by atoms with Gasteiger partial charge in [-0.1, -0.05) is 6.08 Å². The number of amides is 3. The predicted molar refractivity (Wildman–Crippen MR) is 93.8 cm³/mol. The van der Waals surface area contributed by atoms with Crippen LogP contribution in [0.4, 0.5) is 4.39 Å². The zero-order chi connectivity index (χ0) is 18.7. The lowest BCUT2D eigenvalue weighted by atomic mass is 10.0. The summed E-state index contributed by atoms with van der Waals surface area (Å²) in [6, 6.07) is 5.46. The van der Waals surface area contributed by atoms with E-state index in [1.54, 1.807) is 15.9 Å². The van der Waals surface area contributed by atoms with Crippen molar-refractivity contribution in [1.82, 2.24) is 14.7 Å². The second kappa shape index (κ2) is 7.68. The van der Waals surface area contributed by atoms with Crippen LogP contribution in [0.3, 0.4) is 0 Å². The standard InChI is InChI=1S/C19H22FN3O3/c1-2-9-21-12-13-23(19(26)18(21)25)16-7-10-22(11-8-16)17(24)14-3-5-15(20)6-4-14/h2-6,16H,1,7-13H2. The van der Waals surface area contributed by atoms with Crippen LogP contribution in [-0.4, -0.2) is 71.2 Å². The van der Waals surface area contributed by atoms with E-state index < -0.39 is 11.8 Å². The molecule has 2 saturated heterocycles. The molecule has 7 heteroatoms. The molecule has 0 aromatic heterocycles. The highest BCUT2D eigenvalue weighted by molar-refractivity contribution is 6.35. The number of piperazine rings is 1. The number of hydrogen-bond donors (Lipinski definition) is 0. The van der Waals surface area contributed by atoms with Gasteiger partial charge in [-0.2, -0.15) is 0 Å². The first-order chi connectivity index (χ1) is 12.5. The molecular formula is C19H22FN3O3. The molecule has 2 aliphatic rings. The Kier molecular flexibility index (Phi) is 5.35. The van der Waals surface area contributed by atoms with Gasteiger partial charge < -0.3 is 14.7 Å². The lowest BCUT2D eigenvalue weighted by molar-refractivity contribution is -0.157. The first-order valence-electron chi connectivity index (χ1n) is 8.77. The Morgan fingerprint density at radius 1 is 1.08 bits per heavy atom. The van der Waals surface area contributed by atoms with Gasteiger partial charge in [0.05, 0.1) is 0 Å². The smallest absolute Gasteiger partial charge is 0.312 e. The third kappa shape index (κ3) is 3.61. The van der Waals surface area contributed by atoms with Crippen LogP contribution in [0.15, 0.2) is 36.9 Å². The molecule has 6 nitrogen and oxygen atoms in total. The van der Waals surface area contributed by atoms with Crippen LogP contribution in [0.2, 0.25) is 0 Å². The number of hydrogen-bond acceptors (Lipinski definition) is 3. The molecule has 0 aliphatic carbocycles. The van der Waals surface area contributed by atoms with Crippen molar-refractivity contribution in [3.8, 4) is 0 Å². The minimum atomic E-state index is -0.485. The van der Waals surface area contributed by atoms with Crippen molar-refractivity contribution >= 4 is 17.7 Å². The van der Waals surface area contributed by atoms with Crippen molar-refractivity contribution in [3.05, 3.63) is 48.3 Å². The Balaban J connectivity index is 1.57. The molecule has 1 aromatic carbocycles. The molecule has 0 bridgehead atoms. The number of rotatable bonds is 4. The van der Waals surface area contributed by atoms with Gasteiger partial charge in [-0.3, -0.25) is 14.4 Å². The maximum absolute atomic E-state index is 13.0. The average Bonchev–Trinajstić information content (AvgIpc) is 2.66. The molecule has 0 atom stereocenters. The number of likely N-dealkylation sites (tertiary alicyclic amines) is 1. The van der Waals surface area contributed by atoms with E-state index in [1.807, 2.05) is 0 Å². The molecule has 1 aromatic rings. The van der Waals surface area contributed by atoms with Gasteiger partial charge in [0.1, 0.15) is 5.82 Å². The monoisotopic (exact) mass is 359 g/mol. The van der Waals surface area contributed by atoms with Gasteiger partial charge in [0.2, 0.25) is 0 Å². The second-order valence-electron chi connectivity index (χ2n) is 6.57. The third-order valence-electron chi connectivity index (χ3n) is 4.97. The maximum Gasteiger partial charge on any atom is 0.312 e. The fourth-order valence-corrected chi connectivity index (χ4v) is 3.52. The zero-order valence-corrected chi connectivity index (χ0v) is 14.6. The van der Waals surface area contributed by atoms with Gasteiger partial charge in [0.15, 0.2) is 0 Å². The third-order valence-corrected chi connectivity index (χ3v) is 4.97. The molecule has 3 amide bonds. The van der Waals surface area contributed by atoms with Crippen molar-refractivity contribution in [2.45, 2.75) is 18.9 Å². The quantitative estimate of drug-likeness (QED) is 0.601. The first-order valence-corrected chi connectivity index (χ1v) is 8.77. The van der Waals surface area contributed by atoms with Crippen LogP contribution >= 0.6 is 0 Å². The van der Waals surface area contributed by atoms with E-state index in [2.05, 4.69) is 6.58 Å². The van der Waals surface area contributed by atoms with E-state index in [1.165, 1.54) is 29.2 Å². The van der Waals surface area contributed by atoms with Crippen molar-refractivity contribution in [2.24, 2.45) is 0 Å². The van der Waals surface area contributed by atoms with Crippen molar-refractivity contribution in [2.75, 3.05) is 32.7 Å². The van der Waals surface area contributed by atoms with Crippen molar-refractivity contribution in [1.29, 1.82) is 0 Å². The van der Waals surface area contributed by atoms with Gasteiger partial charge >= 0.3 is 11.8 Å². The summed E-state index contributed by atoms with van der Waals surface area (Å²) in [6.45, 7) is 6.01. The van der Waals surface area contributed by atoms with E-state index >= 15 is 0 Å².